The first-order valence-corrected chi connectivity index (χ1v) is 6.56. The Bertz CT molecular complexity index is 530. The van der Waals surface area contributed by atoms with Gasteiger partial charge >= 0.3 is 0 Å². The smallest absolute Gasteiger partial charge is 0.0346 e. The lowest BCUT2D eigenvalue weighted by molar-refractivity contribution is 0.688. The number of pyridine rings is 1. The average molecular weight is 238 g/mol. The lowest BCUT2D eigenvalue weighted by atomic mass is 9.99. The van der Waals surface area contributed by atoms with E-state index in [1.54, 1.807) is 0 Å². The Morgan fingerprint density at radius 1 is 1.28 bits per heavy atom. The summed E-state index contributed by atoms with van der Waals surface area (Å²) in [6, 6.07) is 11.6. The summed E-state index contributed by atoms with van der Waals surface area (Å²) < 4.78 is 0. The third-order valence-electron chi connectivity index (χ3n) is 3.45. The number of hydrogen-bond donors (Lipinski definition) is 1. The predicted octanol–water partition coefficient (Wildman–Crippen LogP) is 3.31. The van der Waals surface area contributed by atoms with Crippen LogP contribution in [-0.2, 0) is 6.54 Å². The van der Waals surface area contributed by atoms with Gasteiger partial charge in [-0.05, 0) is 48.6 Å². The maximum Gasteiger partial charge on any atom is 0.0346 e. The van der Waals surface area contributed by atoms with E-state index in [9.17, 15) is 0 Å². The topological polar surface area (TPSA) is 24.9 Å². The van der Waals surface area contributed by atoms with Crippen molar-refractivity contribution < 1.29 is 0 Å². The number of aryl methyl sites for hydroxylation is 1. The van der Waals surface area contributed by atoms with E-state index in [0.29, 0.717) is 0 Å². The van der Waals surface area contributed by atoms with E-state index in [2.05, 4.69) is 41.5 Å². The third kappa shape index (κ3) is 2.59. The van der Waals surface area contributed by atoms with Crippen LogP contribution in [-0.4, -0.2) is 11.0 Å². The molecule has 18 heavy (non-hydrogen) atoms. The van der Waals surface area contributed by atoms with Gasteiger partial charge in [0.25, 0.3) is 0 Å². The van der Waals surface area contributed by atoms with E-state index in [-0.39, 0.29) is 0 Å². The Balaban J connectivity index is 1.85. The summed E-state index contributed by atoms with van der Waals surface area (Å²) in [7, 11) is 0. The molecule has 1 fully saturated rings. The van der Waals surface area contributed by atoms with Gasteiger partial charge in [-0.3, -0.25) is 4.98 Å². The Hall–Kier alpha value is -1.67. The lowest BCUT2D eigenvalue weighted by Crippen LogP contribution is -2.15. The summed E-state index contributed by atoms with van der Waals surface area (Å²) >= 11 is 0. The molecule has 0 aliphatic heterocycles. The first-order valence-electron chi connectivity index (χ1n) is 6.56. The molecule has 0 atom stereocenters. The summed E-state index contributed by atoms with van der Waals surface area (Å²) in [6.07, 6.45) is 6.42. The van der Waals surface area contributed by atoms with Crippen molar-refractivity contribution in [3.8, 4) is 11.1 Å². The number of benzene rings is 1. The second-order valence-electron chi connectivity index (χ2n) is 5.05. The SMILES string of the molecule is Cc1ccc(CNC2CC2)cc1-c1cccnc1. The number of aromatic nitrogens is 1. The molecule has 0 unspecified atom stereocenters. The van der Waals surface area contributed by atoms with Crippen molar-refractivity contribution in [1.29, 1.82) is 0 Å². The molecule has 1 aromatic carbocycles. The molecule has 1 aliphatic carbocycles. The van der Waals surface area contributed by atoms with Crippen LogP contribution in [0.5, 0.6) is 0 Å². The molecule has 1 aliphatic rings. The molecule has 1 heterocycles. The van der Waals surface area contributed by atoms with Gasteiger partial charge in [-0.1, -0.05) is 18.2 Å². The van der Waals surface area contributed by atoms with Crippen molar-refractivity contribution >= 4 is 0 Å². The van der Waals surface area contributed by atoms with E-state index in [1.165, 1.54) is 35.1 Å². The molecule has 3 rings (SSSR count). The van der Waals surface area contributed by atoms with Crippen LogP contribution in [0.2, 0.25) is 0 Å². The second kappa shape index (κ2) is 4.91. The largest absolute Gasteiger partial charge is 0.310 e. The van der Waals surface area contributed by atoms with E-state index in [4.69, 9.17) is 0 Å². The quantitative estimate of drug-likeness (QED) is 0.884. The molecule has 1 aromatic heterocycles. The molecule has 2 heteroatoms. The van der Waals surface area contributed by atoms with Gasteiger partial charge in [0.15, 0.2) is 0 Å². The van der Waals surface area contributed by atoms with Crippen LogP contribution in [0.25, 0.3) is 11.1 Å². The molecule has 0 bridgehead atoms. The normalized spacial score (nSPS) is 14.7. The van der Waals surface area contributed by atoms with E-state index < -0.39 is 0 Å². The molecule has 2 nitrogen and oxygen atoms in total. The monoisotopic (exact) mass is 238 g/mol. The summed E-state index contributed by atoms with van der Waals surface area (Å²) in [5.41, 5.74) is 5.14. The van der Waals surface area contributed by atoms with Crippen LogP contribution < -0.4 is 5.32 Å². The zero-order valence-electron chi connectivity index (χ0n) is 10.7. The van der Waals surface area contributed by atoms with Crippen LogP contribution >= 0.6 is 0 Å². The molecule has 92 valence electrons. The highest BCUT2D eigenvalue weighted by molar-refractivity contribution is 5.66. The van der Waals surface area contributed by atoms with Gasteiger partial charge in [-0.25, -0.2) is 0 Å². The summed E-state index contributed by atoms with van der Waals surface area (Å²) in [5, 5.41) is 3.56. The second-order valence-corrected chi connectivity index (χ2v) is 5.05. The molecule has 0 saturated heterocycles. The van der Waals surface area contributed by atoms with Crippen LogP contribution in [0.15, 0.2) is 42.7 Å². The molecule has 0 radical (unpaired) electrons. The molecule has 0 spiro atoms. The zero-order valence-corrected chi connectivity index (χ0v) is 10.7. The van der Waals surface area contributed by atoms with Crippen LogP contribution in [0.3, 0.4) is 0 Å². The Kier molecular flexibility index (Phi) is 3.11. The van der Waals surface area contributed by atoms with Crippen LogP contribution in [0.4, 0.5) is 0 Å². The molecular formula is C16H18N2. The fourth-order valence-electron chi connectivity index (χ4n) is 2.16. The first kappa shape index (κ1) is 11.4. The number of rotatable bonds is 4. The number of nitrogens with zero attached hydrogens (tertiary/aromatic N) is 1. The Labute approximate surface area is 108 Å². The summed E-state index contributed by atoms with van der Waals surface area (Å²) in [5.74, 6) is 0. The summed E-state index contributed by atoms with van der Waals surface area (Å²) in [6.45, 7) is 3.12. The Morgan fingerprint density at radius 3 is 2.89 bits per heavy atom. The highest BCUT2D eigenvalue weighted by Crippen LogP contribution is 2.24. The van der Waals surface area contributed by atoms with Gasteiger partial charge in [0, 0.05) is 30.5 Å². The molecular weight excluding hydrogens is 220 g/mol. The summed E-state index contributed by atoms with van der Waals surface area (Å²) in [4.78, 5) is 4.20. The van der Waals surface area contributed by atoms with Gasteiger partial charge < -0.3 is 5.32 Å². The van der Waals surface area contributed by atoms with E-state index in [1.807, 2.05) is 18.5 Å². The van der Waals surface area contributed by atoms with E-state index in [0.717, 1.165) is 12.6 Å². The minimum Gasteiger partial charge on any atom is -0.310 e. The maximum absolute atomic E-state index is 4.20. The minimum absolute atomic E-state index is 0.758. The molecule has 2 aromatic rings. The average Bonchev–Trinajstić information content (AvgIpc) is 3.23. The zero-order chi connectivity index (χ0) is 12.4. The minimum atomic E-state index is 0.758. The molecule has 1 saturated carbocycles. The highest BCUT2D eigenvalue weighted by atomic mass is 14.9. The van der Waals surface area contributed by atoms with E-state index >= 15 is 0 Å². The first-order chi connectivity index (χ1) is 8.83. The van der Waals surface area contributed by atoms with Crippen molar-refractivity contribution in [3.63, 3.8) is 0 Å². The van der Waals surface area contributed by atoms with Crippen LogP contribution in [0, 0.1) is 6.92 Å². The standard InChI is InChI=1S/C16H18N2/c1-12-4-5-13(10-18-15-6-7-15)9-16(12)14-3-2-8-17-11-14/h2-5,8-9,11,15,18H,6-7,10H2,1H3. The fraction of sp³-hybridized carbons (Fsp3) is 0.312. The van der Waals surface area contributed by atoms with Crippen molar-refractivity contribution in [3.05, 3.63) is 53.9 Å². The van der Waals surface area contributed by atoms with Gasteiger partial charge in [0.2, 0.25) is 0 Å². The van der Waals surface area contributed by atoms with Gasteiger partial charge in [0.1, 0.15) is 0 Å². The lowest BCUT2D eigenvalue weighted by Gasteiger charge is -2.09. The van der Waals surface area contributed by atoms with Gasteiger partial charge in [-0.15, -0.1) is 0 Å². The van der Waals surface area contributed by atoms with Gasteiger partial charge in [0.05, 0.1) is 0 Å². The maximum atomic E-state index is 4.20. The third-order valence-corrected chi connectivity index (χ3v) is 3.45. The number of hydrogen-bond acceptors (Lipinski definition) is 2. The van der Waals surface area contributed by atoms with Crippen molar-refractivity contribution in [2.75, 3.05) is 0 Å². The fourth-order valence-corrected chi connectivity index (χ4v) is 2.16. The van der Waals surface area contributed by atoms with Crippen molar-refractivity contribution in [2.24, 2.45) is 0 Å². The highest BCUT2D eigenvalue weighted by Gasteiger charge is 2.19. The van der Waals surface area contributed by atoms with Crippen LogP contribution in [0.1, 0.15) is 24.0 Å². The Morgan fingerprint density at radius 2 is 2.17 bits per heavy atom. The molecule has 1 N–H and O–H groups in total. The van der Waals surface area contributed by atoms with Gasteiger partial charge in [-0.2, -0.15) is 0 Å². The van der Waals surface area contributed by atoms with Crippen molar-refractivity contribution in [1.82, 2.24) is 10.3 Å². The molecule has 0 amide bonds. The van der Waals surface area contributed by atoms with Crippen molar-refractivity contribution in [2.45, 2.75) is 32.4 Å². The number of nitrogens with one attached hydrogen (secondary N) is 1. The predicted molar refractivity (Wildman–Crippen MR) is 74.3 cm³/mol.